The summed E-state index contributed by atoms with van der Waals surface area (Å²) >= 11 is 0. The first kappa shape index (κ1) is 10.9. The summed E-state index contributed by atoms with van der Waals surface area (Å²) in [6, 6.07) is 0. The van der Waals surface area contributed by atoms with Gasteiger partial charge in [0.25, 0.3) is 0 Å². The first-order valence-corrected chi connectivity index (χ1v) is 4.22. The highest BCUT2D eigenvalue weighted by molar-refractivity contribution is 4.81. The van der Waals surface area contributed by atoms with E-state index in [9.17, 15) is 10.2 Å². The fourth-order valence-corrected chi connectivity index (χ4v) is 1.44. The Morgan fingerprint density at radius 2 is 2.08 bits per heavy atom. The summed E-state index contributed by atoms with van der Waals surface area (Å²) in [5.41, 5.74) is 0. The van der Waals surface area contributed by atoms with E-state index in [0.29, 0.717) is 13.0 Å². The average Bonchev–Trinajstić information content (AvgIpc) is 2.11. The molecule has 1 rings (SSSR count). The second-order valence-corrected chi connectivity index (χ2v) is 3.10. The molecule has 2 N–H and O–H groups in total. The minimum Gasteiger partial charge on any atom is -0.385 e. The molecule has 3 unspecified atom stereocenters. The fourth-order valence-electron chi connectivity index (χ4n) is 1.44. The molecule has 0 aromatic rings. The summed E-state index contributed by atoms with van der Waals surface area (Å²) in [6.07, 6.45) is -2.23. The maximum Gasteiger partial charge on any atom is 0.183 e. The van der Waals surface area contributed by atoms with Crippen molar-refractivity contribution in [1.29, 1.82) is 0 Å². The van der Waals surface area contributed by atoms with Crippen molar-refractivity contribution in [2.75, 3.05) is 20.8 Å². The average molecular weight is 192 g/mol. The van der Waals surface area contributed by atoms with E-state index in [0.717, 1.165) is 0 Å². The van der Waals surface area contributed by atoms with E-state index in [-0.39, 0.29) is 12.2 Å². The summed E-state index contributed by atoms with van der Waals surface area (Å²) in [5.74, 6) is 0. The SMILES string of the molecule is COCC1CC(OC)C(O)[C@H](O)O1. The third kappa shape index (κ3) is 2.62. The van der Waals surface area contributed by atoms with Gasteiger partial charge < -0.3 is 24.4 Å². The number of hydrogen-bond acceptors (Lipinski definition) is 5. The molecule has 1 heterocycles. The Morgan fingerprint density at radius 1 is 1.38 bits per heavy atom. The minimum absolute atomic E-state index is 0.214. The zero-order valence-electron chi connectivity index (χ0n) is 7.84. The van der Waals surface area contributed by atoms with E-state index in [1.54, 1.807) is 7.11 Å². The van der Waals surface area contributed by atoms with Crippen LogP contribution in [0.15, 0.2) is 0 Å². The number of hydrogen-bond donors (Lipinski definition) is 2. The molecule has 78 valence electrons. The van der Waals surface area contributed by atoms with E-state index in [1.807, 2.05) is 0 Å². The van der Waals surface area contributed by atoms with Crippen LogP contribution in [0.3, 0.4) is 0 Å². The van der Waals surface area contributed by atoms with Crippen LogP contribution in [0.25, 0.3) is 0 Å². The monoisotopic (exact) mass is 192 g/mol. The lowest BCUT2D eigenvalue weighted by Gasteiger charge is -2.35. The number of aliphatic hydroxyl groups is 2. The molecule has 1 aliphatic heterocycles. The van der Waals surface area contributed by atoms with Crippen LogP contribution < -0.4 is 0 Å². The summed E-state index contributed by atoms with van der Waals surface area (Å²) in [4.78, 5) is 0. The summed E-state index contributed by atoms with van der Waals surface area (Å²) in [5, 5.41) is 18.7. The molecule has 0 saturated carbocycles. The topological polar surface area (TPSA) is 68.2 Å². The van der Waals surface area contributed by atoms with Crippen LogP contribution in [0, 0.1) is 0 Å². The van der Waals surface area contributed by atoms with Gasteiger partial charge in [0.1, 0.15) is 6.10 Å². The second-order valence-electron chi connectivity index (χ2n) is 3.10. The van der Waals surface area contributed by atoms with Gasteiger partial charge in [-0.15, -0.1) is 0 Å². The molecule has 5 nitrogen and oxygen atoms in total. The van der Waals surface area contributed by atoms with Crippen molar-refractivity contribution in [2.45, 2.75) is 31.0 Å². The zero-order valence-corrected chi connectivity index (χ0v) is 7.84. The predicted molar refractivity (Wildman–Crippen MR) is 44.2 cm³/mol. The number of rotatable bonds is 3. The Balaban J connectivity index is 2.47. The van der Waals surface area contributed by atoms with Gasteiger partial charge in [-0.2, -0.15) is 0 Å². The molecule has 0 amide bonds. The van der Waals surface area contributed by atoms with E-state index >= 15 is 0 Å². The van der Waals surface area contributed by atoms with Crippen LogP contribution >= 0.6 is 0 Å². The van der Waals surface area contributed by atoms with Gasteiger partial charge in [0.15, 0.2) is 6.29 Å². The van der Waals surface area contributed by atoms with Gasteiger partial charge in [0, 0.05) is 20.6 Å². The Morgan fingerprint density at radius 3 is 2.62 bits per heavy atom. The smallest absolute Gasteiger partial charge is 0.183 e. The van der Waals surface area contributed by atoms with Crippen LogP contribution in [0.1, 0.15) is 6.42 Å². The van der Waals surface area contributed by atoms with Crippen LogP contribution in [-0.2, 0) is 14.2 Å². The molecule has 0 spiro atoms. The molecular weight excluding hydrogens is 176 g/mol. The number of ether oxygens (including phenoxy) is 3. The number of methoxy groups -OCH3 is 2. The third-order valence-electron chi connectivity index (χ3n) is 2.16. The molecule has 0 aliphatic carbocycles. The van der Waals surface area contributed by atoms with Crippen molar-refractivity contribution in [3.63, 3.8) is 0 Å². The molecule has 1 aliphatic rings. The lowest BCUT2D eigenvalue weighted by Crippen LogP contribution is -2.50. The fraction of sp³-hybridized carbons (Fsp3) is 1.00. The first-order valence-electron chi connectivity index (χ1n) is 4.22. The van der Waals surface area contributed by atoms with Crippen molar-refractivity contribution >= 4 is 0 Å². The first-order chi connectivity index (χ1) is 6.19. The van der Waals surface area contributed by atoms with Crippen LogP contribution in [0.5, 0.6) is 0 Å². The van der Waals surface area contributed by atoms with Crippen LogP contribution in [0.4, 0.5) is 0 Å². The van der Waals surface area contributed by atoms with Crippen molar-refractivity contribution in [3.8, 4) is 0 Å². The summed E-state index contributed by atoms with van der Waals surface area (Å²) in [7, 11) is 3.05. The van der Waals surface area contributed by atoms with Gasteiger partial charge in [-0.3, -0.25) is 0 Å². The van der Waals surface area contributed by atoms with Crippen molar-refractivity contribution in [1.82, 2.24) is 0 Å². The van der Waals surface area contributed by atoms with E-state index in [1.165, 1.54) is 7.11 Å². The molecule has 13 heavy (non-hydrogen) atoms. The molecule has 0 aromatic carbocycles. The summed E-state index contributed by atoms with van der Waals surface area (Å²) in [6.45, 7) is 0.393. The quantitative estimate of drug-likeness (QED) is 0.607. The van der Waals surface area contributed by atoms with Crippen molar-refractivity contribution in [3.05, 3.63) is 0 Å². The highest BCUT2D eigenvalue weighted by atomic mass is 16.6. The van der Waals surface area contributed by atoms with Gasteiger partial charge in [0.2, 0.25) is 0 Å². The van der Waals surface area contributed by atoms with Gasteiger partial charge in [-0.25, -0.2) is 0 Å². The zero-order chi connectivity index (χ0) is 9.84. The molecular formula is C8H16O5. The maximum absolute atomic E-state index is 9.38. The van der Waals surface area contributed by atoms with E-state index in [4.69, 9.17) is 14.2 Å². The van der Waals surface area contributed by atoms with Crippen molar-refractivity contribution in [2.24, 2.45) is 0 Å². The lowest BCUT2D eigenvalue weighted by atomic mass is 10.0. The standard InChI is InChI=1S/C8H16O5/c1-11-4-5-3-6(12-2)7(9)8(10)13-5/h5-10H,3-4H2,1-2H3/t5?,6?,7?,8-/m1/s1. The highest BCUT2D eigenvalue weighted by Crippen LogP contribution is 2.21. The van der Waals surface area contributed by atoms with Gasteiger partial charge >= 0.3 is 0 Å². The molecule has 1 saturated heterocycles. The Bertz CT molecular complexity index is 151. The van der Waals surface area contributed by atoms with Gasteiger partial charge in [-0.05, 0) is 0 Å². The highest BCUT2D eigenvalue weighted by Gasteiger charge is 2.36. The molecule has 0 bridgehead atoms. The largest absolute Gasteiger partial charge is 0.385 e. The molecule has 0 radical (unpaired) electrons. The predicted octanol–water partition coefficient (Wildman–Crippen LogP) is -0.884. The normalized spacial score (nSPS) is 40.6. The molecule has 5 heteroatoms. The maximum atomic E-state index is 9.38. The van der Waals surface area contributed by atoms with E-state index < -0.39 is 12.4 Å². The number of aliphatic hydroxyl groups excluding tert-OH is 2. The molecule has 0 aromatic heterocycles. The Labute approximate surface area is 77.2 Å². The van der Waals surface area contributed by atoms with Gasteiger partial charge in [-0.1, -0.05) is 0 Å². The van der Waals surface area contributed by atoms with Crippen molar-refractivity contribution < 1.29 is 24.4 Å². The minimum atomic E-state index is -1.18. The molecule has 1 fully saturated rings. The van der Waals surface area contributed by atoms with Crippen LogP contribution in [0.2, 0.25) is 0 Å². The van der Waals surface area contributed by atoms with E-state index in [2.05, 4.69) is 0 Å². The molecule has 4 atom stereocenters. The Kier molecular flexibility index (Phi) is 4.08. The lowest BCUT2D eigenvalue weighted by molar-refractivity contribution is -0.257. The Hall–Kier alpha value is -0.200. The second kappa shape index (κ2) is 4.88. The third-order valence-corrected chi connectivity index (χ3v) is 2.16. The summed E-state index contributed by atoms with van der Waals surface area (Å²) < 4.78 is 15.0. The van der Waals surface area contributed by atoms with Crippen LogP contribution in [-0.4, -0.2) is 55.6 Å². The van der Waals surface area contributed by atoms with Gasteiger partial charge in [0.05, 0.1) is 18.8 Å².